The Morgan fingerprint density at radius 1 is 1.29 bits per heavy atom. The zero-order chi connectivity index (χ0) is 20.3. The Bertz CT molecular complexity index is 1030. The number of carbonyl (C=O) groups is 1. The van der Waals surface area contributed by atoms with E-state index in [1.807, 2.05) is 13.8 Å². The third kappa shape index (κ3) is 4.29. The molecule has 0 radical (unpaired) electrons. The first-order valence-electron chi connectivity index (χ1n) is 8.41. The highest BCUT2D eigenvalue weighted by atomic mass is 35.5. The van der Waals surface area contributed by atoms with Gasteiger partial charge in [-0.3, -0.25) is 14.9 Å². The number of carbonyl (C=O) groups excluding carboxylic acids is 1. The number of aromatic nitrogens is 2. The number of amides is 1. The van der Waals surface area contributed by atoms with Gasteiger partial charge in [-0.25, -0.2) is 4.98 Å². The number of benzene rings is 2. The molecule has 0 unspecified atom stereocenters. The Morgan fingerprint density at radius 2 is 2.04 bits per heavy atom. The van der Waals surface area contributed by atoms with E-state index in [0.717, 1.165) is 0 Å². The summed E-state index contributed by atoms with van der Waals surface area (Å²) in [6.45, 7) is 3.71. The van der Waals surface area contributed by atoms with Gasteiger partial charge in [-0.15, -0.1) is 0 Å². The molecule has 1 heterocycles. The van der Waals surface area contributed by atoms with Gasteiger partial charge in [0.25, 0.3) is 11.6 Å². The van der Waals surface area contributed by atoms with Gasteiger partial charge >= 0.3 is 0 Å². The minimum Gasteiger partial charge on any atom is -0.487 e. The number of H-pyrrole nitrogens is 1. The summed E-state index contributed by atoms with van der Waals surface area (Å²) >= 11 is 6.18. The molecule has 3 aromatic rings. The van der Waals surface area contributed by atoms with Crippen LogP contribution in [0.5, 0.6) is 5.75 Å². The van der Waals surface area contributed by atoms with Gasteiger partial charge in [0.2, 0.25) is 0 Å². The molecule has 3 rings (SSSR count). The predicted octanol–water partition coefficient (Wildman–Crippen LogP) is 4.68. The first kappa shape index (κ1) is 19.4. The highest BCUT2D eigenvalue weighted by Crippen LogP contribution is 2.34. The van der Waals surface area contributed by atoms with Crippen molar-refractivity contribution in [1.29, 1.82) is 0 Å². The Morgan fingerprint density at radius 3 is 2.75 bits per heavy atom. The van der Waals surface area contributed by atoms with E-state index in [2.05, 4.69) is 15.3 Å². The Hall–Kier alpha value is -3.39. The van der Waals surface area contributed by atoms with Gasteiger partial charge < -0.3 is 15.0 Å². The van der Waals surface area contributed by atoms with Crippen LogP contribution in [0.4, 0.5) is 11.4 Å². The van der Waals surface area contributed by atoms with Crippen molar-refractivity contribution in [2.24, 2.45) is 0 Å². The number of anilines is 1. The van der Waals surface area contributed by atoms with Crippen molar-refractivity contribution in [3.63, 3.8) is 0 Å². The number of hydrogen-bond acceptors (Lipinski definition) is 5. The van der Waals surface area contributed by atoms with Crippen LogP contribution in [-0.2, 0) is 0 Å². The lowest BCUT2D eigenvalue weighted by Crippen LogP contribution is -2.15. The first-order chi connectivity index (χ1) is 13.3. The third-order valence-electron chi connectivity index (χ3n) is 3.72. The highest BCUT2D eigenvalue weighted by molar-refractivity contribution is 6.32. The fourth-order valence-electron chi connectivity index (χ4n) is 2.50. The van der Waals surface area contributed by atoms with Crippen molar-refractivity contribution in [2.45, 2.75) is 20.0 Å². The zero-order valence-electron chi connectivity index (χ0n) is 15.1. The lowest BCUT2D eigenvalue weighted by Gasteiger charge is -2.16. The summed E-state index contributed by atoms with van der Waals surface area (Å²) in [5, 5.41) is 14.0. The number of rotatable bonds is 6. The Kier molecular flexibility index (Phi) is 5.60. The number of para-hydroxylation sites is 1. The van der Waals surface area contributed by atoms with Gasteiger partial charge in [0.1, 0.15) is 11.5 Å². The molecule has 0 aliphatic carbocycles. The Balaban J connectivity index is 1.83. The number of non-ortho nitro benzene ring substituents is 1. The van der Waals surface area contributed by atoms with Crippen LogP contribution in [0.3, 0.4) is 0 Å². The number of aromatic amines is 1. The molecule has 9 heteroatoms. The summed E-state index contributed by atoms with van der Waals surface area (Å²) in [7, 11) is 0. The van der Waals surface area contributed by atoms with Crippen molar-refractivity contribution in [1.82, 2.24) is 9.97 Å². The van der Waals surface area contributed by atoms with E-state index in [1.54, 1.807) is 30.3 Å². The van der Waals surface area contributed by atoms with E-state index >= 15 is 0 Å². The maximum Gasteiger partial charge on any atom is 0.273 e. The van der Waals surface area contributed by atoms with Crippen molar-refractivity contribution in [2.75, 3.05) is 5.32 Å². The van der Waals surface area contributed by atoms with Crippen LogP contribution in [-0.4, -0.2) is 26.9 Å². The van der Waals surface area contributed by atoms with E-state index in [1.165, 1.54) is 18.3 Å². The minimum atomic E-state index is -0.491. The van der Waals surface area contributed by atoms with Crippen LogP contribution >= 0.6 is 11.6 Å². The monoisotopic (exact) mass is 400 g/mol. The molecule has 1 amide bonds. The SMILES string of the molecule is CC(C)Oc1c(Cl)cccc1NC(=O)c1cnc(-c2cccc([N+](=O)[O-])c2)[nH]1. The molecule has 28 heavy (non-hydrogen) atoms. The van der Waals surface area contributed by atoms with Gasteiger partial charge in [0.15, 0.2) is 5.75 Å². The number of nitrogens with zero attached hydrogens (tertiary/aromatic N) is 2. The number of halogens is 1. The van der Waals surface area contributed by atoms with E-state index in [-0.39, 0.29) is 17.5 Å². The number of hydrogen-bond donors (Lipinski definition) is 2. The quantitative estimate of drug-likeness (QED) is 0.461. The maximum atomic E-state index is 12.6. The fraction of sp³-hybridized carbons (Fsp3) is 0.158. The molecule has 0 aliphatic heterocycles. The first-order valence-corrected chi connectivity index (χ1v) is 8.79. The molecule has 0 bridgehead atoms. The number of nitro groups is 1. The molecule has 0 saturated heterocycles. The normalized spacial score (nSPS) is 10.7. The average molecular weight is 401 g/mol. The molecule has 0 atom stereocenters. The third-order valence-corrected chi connectivity index (χ3v) is 4.02. The average Bonchev–Trinajstić information content (AvgIpc) is 3.15. The molecule has 0 fully saturated rings. The largest absolute Gasteiger partial charge is 0.487 e. The molecule has 144 valence electrons. The summed E-state index contributed by atoms with van der Waals surface area (Å²) in [4.78, 5) is 30.0. The number of ether oxygens (including phenoxy) is 1. The van der Waals surface area contributed by atoms with Gasteiger partial charge in [-0.1, -0.05) is 29.8 Å². The molecule has 1 aromatic heterocycles. The summed E-state index contributed by atoms with van der Waals surface area (Å²) < 4.78 is 5.69. The molecule has 0 spiro atoms. The summed E-state index contributed by atoms with van der Waals surface area (Å²) in [6.07, 6.45) is 1.24. The standard InChI is InChI=1S/C19H17ClN4O4/c1-11(2)28-17-14(20)7-4-8-15(17)23-19(25)16-10-21-18(22-16)12-5-3-6-13(9-12)24(26)27/h3-11H,1-2H3,(H,21,22)(H,23,25). The molecule has 0 aliphatic rings. The fourth-order valence-corrected chi connectivity index (χ4v) is 2.72. The predicted molar refractivity (Wildman–Crippen MR) is 106 cm³/mol. The van der Waals surface area contributed by atoms with E-state index in [0.29, 0.717) is 27.8 Å². The van der Waals surface area contributed by atoms with Crippen LogP contribution in [0.2, 0.25) is 5.02 Å². The molecule has 8 nitrogen and oxygen atoms in total. The second-order valence-electron chi connectivity index (χ2n) is 6.19. The molecule has 2 aromatic carbocycles. The van der Waals surface area contributed by atoms with E-state index in [4.69, 9.17) is 16.3 Å². The van der Waals surface area contributed by atoms with Crippen molar-refractivity contribution in [3.8, 4) is 17.1 Å². The second kappa shape index (κ2) is 8.10. The Labute approximate surface area is 165 Å². The molecule has 0 saturated carbocycles. The highest BCUT2D eigenvalue weighted by Gasteiger charge is 2.17. The number of nitro benzene ring substituents is 1. The maximum absolute atomic E-state index is 12.6. The smallest absolute Gasteiger partial charge is 0.273 e. The van der Waals surface area contributed by atoms with Crippen LogP contribution in [0.15, 0.2) is 48.7 Å². The summed E-state index contributed by atoms with van der Waals surface area (Å²) in [5.41, 5.74) is 1.06. The number of nitrogens with one attached hydrogen (secondary N) is 2. The van der Waals surface area contributed by atoms with E-state index in [9.17, 15) is 14.9 Å². The van der Waals surface area contributed by atoms with Crippen molar-refractivity contribution in [3.05, 3.63) is 69.5 Å². The molecular weight excluding hydrogens is 384 g/mol. The molecule has 2 N–H and O–H groups in total. The number of imidazole rings is 1. The van der Waals surface area contributed by atoms with Crippen LogP contribution in [0, 0.1) is 10.1 Å². The summed E-state index contributed by atoms with van der Waals surface area (Å²) in [5.74, 6) is 0.282. The van der Waals surface area contributed by atoms with Gasteiger partial charge in [-0.05, 0) is 26.0 Å². The topological polar surface area (TPSA) is 110 Å². The van der Waals surface area contributed by atoms with Gasteiger partial charge in [0.05, 0.1) is 27.9 Å². The van der Waals surface area contributed by atoms with Crippen molar-refractivity contribution >= 4 is 28.9 Å². The second-order valence-corrected chi connectivity index (χ2v) is 6.60. The van der Waals surface area contributed by atoms with Gasteiger partial charge in [-0.2, -0.15) is 0 Å². The zero-order valence-corrected chi connectivity index (χ0v) is 15.9. The van der Waals surface area contributed by atoms with Gasteiger partial charge in [0, 0.05) is 17.7 Å². The van der Waals surface area contributed by atoms with Crippen LogP contribution in [0.25, 0.3) is 11.4 Å². The lowest BCUT2D eigenvalue weighted by molar-refractivity contribution is -0.384. The van der Waals surface area contributed by atoms with Crippen LogP contribution in [0.1, 0.15) is 24.3 Å². The van der Waals surface area contributed by atoms with Crippen LogP contribution < -0.4 is 10.1 Å². The molecular formula is C19H17ClN4O4. The van der Waals surface area contributed by atoms with E-state index < -0.39 is 10.8 Å². The lowest BCUT2D eigenvalue weighted by atomic mass is 10.2. The minimum absolute atomic E-state index is 0.0608. The summed E-state index contributed by atoms with van der Waals surface area (Å²) in [6, 6.07) is 11.0. The van der Waals surface area contributed by atoms with Crippen molar-refractivity contribution < 1.29 is 14.5 Å².